The zero-order chi connectivity index (χ0) is 11.8. The lowest BCUT2D eigenvalue weighted by Crippen LogP contribution is -2.20. The number of nitrogens with zero attached hydrogens (tertiary/aromatic N) is 2. The molecule has 96 valence electrons. The summed E-state index contributed by atoms with van der Waals surface area (Å²) >= 11 is 0. The normalized spacial score (nSPS) is 21.9. The zero-order valence-electron chi connectivity index (χ0n) is 8.87. The van der Waals surface area contributed by atoms with Crippen LogP contribution in [-0.2, 0) is 0 Å². The Morgan fingerprint density at radius 3 is 2.88 bits per heavy atom. The maximum atomic E-state index is 12.9. The topological polar surface area (TPSA) is 80.0 Å². The number of hydrogen-bond donors (Lipinski definition) is 2. The monoisotopic (exact) mass is 268 g/mol. The Hall–Kier alpha value is -1.28. The van der Waals surface area contributed by atoms with Crippen molar-refractivity contribution in [3.63, 3.8) is 0 Å². The average molecular weight is 269 g/mol. The third kappa shape index (κ3) is 2.89. The predicted octanol–water partition coefficient (Wildman–Crippen LogP) is 0.521. The van der Waals surface area contributed by atoms with Crippen molar-refractivity contribution in [1.29, 1.82) is 0 Å². The van der Waals surface area contributed by atoms with Crippen molar-refractivity contribution in [2.45, 2.75) is 18.4 Å². The number of alkyl halides is 2. The van der Waals surface area contributed by atoms with Crippen LogP contribution in [0, 0.1) is 0 Å². The molecule has 2 rings (SSSR count). The molecule has 9 heteroatoms. The summed E-state index contributed by atoms with van der Waals surface area (Å²) in [6, 6.07) is -0.694. The van der Waals surface area contributed by atoms with Crippen LogP contribution in [0.5, 0.6) is 0 Å². The Morgan fingerprint density at radius 2 is 2.35 bits per heavy atom. The molecule has 1 aliphatic rings. The highest BCUT2D eigenvalue weighted by Crippen LogP contribution is 2.32. The van der Waals surface area contributed by atoms with E-state index in [4.69, 9.17) is 4.52 Å². The minimum absolute atomic E-state index is 0. The van der Waals surface area contributed by atoms with Crippen molar-refractivity contribution < 1.29 is 18.1 Å². The number of carbonyl (C=O) groups excluding carboxylic acids is 1. The van der Waals surface area contributed by atoms with E-state index in [0.717, 1.165) is 0 Å². The molecule has 1 atom stereocenters. The van der Waals surface area contributed by atoms with Gasteiger partial charge in [-0.15, -0.1) is 12.4 Å². The number of carbonyl (C=O) groups is 1. The molecule has 1 aliphatic heterocycles. The van der Waals surface area contributed by atoms with Crippen molar-refractivity contribution >= 4 is 18.3 Å². The quantitative estimate of drug-likeness (QED) is 0.817. The second-order valence-corrected chi connectivity index (χ2v) is 3.53. The standard InChI is InChI=1S/C8H10F2N4O2.ClH/c1-11-6(15)5-13-7(16-14-5)4-2-8(9,10)3-12-4;/h4,12H,2-3H2,1H3,(H,11,15);1H. The van der Waals surface area contributed by atoms with Crippen molar-refractivity contribution in [1.82, 2.24) is 20.8 Å². The van der Waals surface area contributed by atoms with Gasteiger partial charge in [0.2, 0.25) is 5.89 Å². The minimum Gasteiger partial charge on any atom is -0.352 e. The largest absolute Gasteiger partial charge is 0.352 e. The van der Waals surface area contributed by atoms with Gasteiger partial charge in [-0.3, -0.25) is 10.1 Å². The highest BCUT2D eigenvalue weighted by atomic mass is 35.5. The fraction of sp³-hybridized carbons (Fsp3) is 0.625. The summed E-state index contributed by atoms with van der Waals surface area (Å²) in [5.74, 6) is -3.43. The molecule has 1 unspecified atom stereocenters. The van der Waals surface area contributed by atoms with Gasteiger partial charge < -0.3 is 9.84 Å². The number of rotatable bonds is 2. The first kappa shape index (κ1) is 13.8. The molecule has 1 saturated heterocycles. The van der Waals surface area contributed by atoms with Gasteiger partial charge in [-0.05, 0) is 0 Å². The molecule has 0 spiro atoms. The number of hydrogen-bond acceptors (Lipinski definition) is 5. The predicted molar refractivity (Wildman–Crippen MR) is 55.2 cm³/mol. The highest BCUT2D eigenvalue weighted by Gasteiger charge is 2.42. The lowest BCUT2D eigenvalue weighted by molar-refractivity contribution is 0.0200. The van der Waals surface area contributed by atoms with Crippen molar-refractivity contribution in [3.8, 4) is 0 Å². The van der Waals surface area contributed by atoms with Crippen LogP contribution in [0.4, 0.5) is 8.78 Å². The zero-order valence-corrected chi connectivity index (χ0v) is 9.68. The molecule has 1 aromatic heterocycles. The molecule has 1 amide bonds. The Bertz CT molecular complexity index is 412. The molecule has 0 bridgehead atoms. The second-order valence-electron chi connectivity index (χ2n) is 3.53. The van der Waals surface area contributed by atoms with Gasteiger partial charge in [-0.25, -0.2) is 8.78 Å². The number of nitrogens with one attached hydrogen (secondary N) is 2. The van der Waals surface area contributed by atoms with Gasteiger partial charge in [0.25, 0.3) is 17.7 Å². The van der Waals surface area contributed by atoms with E-state index < -0.39 is 30.8 Å². The molecule has 6 nitrogen and oxygen atoms in total. The molecule has 17 heavy (non-hydrogen) atoms. The number of halogens is 3. The summed E-state index contributed by atoms with van der Waals surface area (Å²) in [5.41, 5.74) is 0. The second kappa shape index (κ2) is 4.92. The van der Waals surface area contributed by atoms with E-state index in [2.05, 4.69) is 20.8 Å². The molecule has 2 heterocycles. The first-order valence-corrected chi connectivity index (χ1v) is 4.69. The first-order chi connectivity index (χ1) is 7.52. The number of amides is 1. The molecule has 2 N–H and O–H groups in total. The van der Waals surface area contributed by atoms with E-state index in [9.17, 15) is 13.6 Å². The SMILES string of the molecule is CNC(=O)c1noc(C2CC(F)(F)CN2)n1.Cl. The molecular formula is C8H11ClF2N4O2. The smallest absolute Gasteiger partial charge is 0.292 e. The van der Waals surface area contributed by atoms with Gasteiger partial charge in [-0.1, -0.05) is 5.16 Å². The summed E-state index contributed by atoms with van der Waals surface area (Å²) in [5, 5.41) is 8.26. The van der Waals surface area contributed by atoms with Crippen LogP contribution >= 0.6 is 12.4 Å². The molecule has 0 aliphatic carbocycles. The number of aromatic nitrogens is 2. The molecule has 0 radical (unpaired) electrons. The van der Waals surface area contributed by atoms with Crippen LogP contribution in [0.25, 0.3) is 0 Å². The van der Waals surface area contributed by atoms with Gasteiger partial charge in [0.15, 0.2) is 0 Å². The molecule has 1 aromatic rings. The first-order valence-electron chi connectivity index (χ1n) is 4.69. The van der Waals surface area contributed by atoms with Crippen LogP contribution < -0.4 is 10.6 Å². The Kier molecular flexibility index (Phi) is 3.99. The van der Waals surface area contributed by atoms with Crippen molar-refractivity contribution in [2.75, 3.05) is 13.6 Å². The van der Waals surface area contributed by atoms with Gasteiger partial charge in [-0.2, -0.15) is 4.98 Å². The van der Waals surface area contributed by atoms with Crippen LogP contribution in [0.15, 0.2) is 4.52 Å². The Labute approximate surface area is 102 Å². The summed E-state index contributed by atoms with van der Waals surface area (Å²) in [7, 11) is 1.42. The maximum absolute atomic E-state index is 12.9. The fourth-order valence-electron chi connectivity index (χ4n) is 1.47. The lowest BCUT2D eigenvalue weighted by atomic mass is 10.2. The average Bonchev–Trinajstić information content (AvgIpc) is 2.83. The van der Waals surface area contributed by atoms with E-state index in [0.29, 0.717) is 0 Å². The maximum Gasteiger partial charge on any atom is 0.292 e. The molecule has 0 saturated carbocycles. The summed E-state index contributed by atoms with van der Waals surface area (Å²) in [6.45, 7) is -0.421. The highest BCUT2D eigenvalue weighted by molar-refractivity contribution is 5.89. The van der Waals surface area contributed by atoms with Crippen LogP contribution in [0.2, 0.25) is 0 Å². The third-order valence-electron chi connectivity index (χ3n) is 2.28. The Morgan fingerprint density at radius 1 is 1.65 bits per heavy atom. The van der Waals surface area contributed by atoms with Crippen LogP contribution in [0.1, 0.15) is 29.0 Å². The lowest BCUT2D eigenvalue weighted by Gasteiger charge is -2.04. The van der Waals surface area contributed by atoms with E-state index in [1.54, 1.807) is 0 Å². The van der Waals surface area contributed by atoms with Crippen molar-refractivity contribution in [2.24, 2.45) is 0 Å². The minimum atomic E-state index is -2.77. The van der Waals surface area contributed by atoms with E-state index in [-0.39, 0.29) is 24.1 Å². The van der Waals surface area contributed by atoms with Crippen molar-refractivity contribution in [3.05, 3.63) is 11.7 Å². The van der Waals surface area contributed by atoms with Crippen LogP contribution in [0.3, 0.4) is 0 Å². The summed E-state index contributed by atoms with van der Waals surface area (Å²) in [4.78, 5) is 14.8. The third-order valence-corrected chi connectivity index (χ3v) is 2.28. The van der Waals surface area contributed by atoms with E-state index in [1.807, 2.05) is 0 Å². The molecule has 0 aromatic carbocycles. The van der Waals surface area contributed by atoms with Gasteiger partial charge in [0, 0.05) is 13.5 Å². The summed E-state index contributed by atoms with van der Waals surface area (Å²) in [6.07, 6.45) is -0.400. The van der Waals surface area contributed by atoms with Gasteiger partial charge in [0.1, 0.15) is 0 Å². The van der Waals surface area contributed by atoms with E-state index >= 15 is 0 Å². The van der Waals surface area contributed by atoms with Gasteiger partial charge >= 0.3 is 0 Å². The molecular weight excluding hydrogens is 258 g/mol. The fourth-order valence-corrected chi connectivity index (χ4v) is 1.47. The van der Waals surface area contributed by atoms with E-state index in [1.165, 1.54) is 7.05 Å². The summed E-state index contributed by atoms with van der Waals surface area (Å²) < 4.78 is 30.5. The van der Waals surface area contributed by atoms with Gasteiger partial charge in [0.05, 0.1) is 12.6 Å². The Balaban J connectivity index is 0.00000144. The molecule has 1 fully saturated rings. The van der Waals surface area contributed by atoms with Crippen LogP contribution in [-0.4, -0.2) is 35.6 Å².